The normalized spacial score (nSPS) is 11.7. The van der Waals surface area contributed by atoms with Crippen LogP contribution in [0.3, 0.4) is 0 Å². The molecule has 2 N–H and O–H groups in total. The Morgan fingerprint density at radius 1 is 1.14 bits per heavy atom. The number of aromatic nitrogens is 1. The molecule has 3 rings (SSSR count). The molecule has 0 aliphatic carbocycles. The van der Waals surface area contributed by atoms with Crippen molar-refractivity contribution in [3.63, 3.8) is 0 Å². The number of rotatable bonds is 7. The zero-order chi connectivity index (χ0) is 20.8. The van der Waals surface area contributed by atoms with E-state index < -0.39 is 0 Å². The Balaban J connectivity index is 1.53. The van der Waals surface area contributed by atoms with Crippen molar-refractivity contribution in [3.8, 4) is 0 Å². The van der Waals surface area contributed by atoms with Gasteiger partial charge in [-0.25, -0.2) is 4.39 Å². The largest absolute Gasteiger partial charge is 0.326 e. The van der Waals surface area contributed by atoms with Gasteiger partial charge in [0.2, 0.25) is 5.91 Å². The topological polar surface area (TPSA) is 71.1 Å². The first-order valence-electron chi connectivity index (χ1n) is 9.32. The van der Waals surface area contributed by atoms with Crippen molar-refractivity contribution < 1.29 is 14.0 Å². The highest BCUT2D eigenvalue weighted by Gasteiger charge is 2.15. The molecule has 1 heterocycles. The number of nitrogens with zero attached hydrogens (tertiary/aromatic N) is 1. The summed E-state index contributed by atoms with van der Waals surface area (Å²) in [4.78, 5) is 29.0. The van der Waals surface area contributed by atoms with Gasteiger partial charge in [-0.05, 0) is 54.6 Å². The van der Waals surface area contributed by atoms with Gasteiger partial charge in [-0.15, -0.1) is 0 Å². The number of amides is 2. The second-order valence-electron chi connectivity index (χ2n) is 6.90. The summed E-state index contributed by atoms with van der Waals surface area (Å²) in [5.41, 5.74) is 1.61. The Labute approximate surface area is 168 Å². The lowest BCUT2D eigenvalue weighted by atomic mass is 10.0. The first-order valence-corrected chi connectivity index (χ1v) is 9.32. The quantitative estimate of drug-likeness (QED) is 0.615. The molecule has 6 heteroatoms. The smallest absolute Gasteiger partial charge is 0.256 e. The second kappa shape index (κ2) is 9.10. The second-order valence-corrected chi connectivity index (χ2v) is 6.90. The lowest BCUT2D eigenvalue weighted by Gasteiger charge is -2.14. The number of nitrogens with one attached hydrogen (secondary N) is 2. The van der Waals surface area contributed by atoms with E-state index in [9.17, 15) is 14.0 Å². The zero-order valence-electron chi connectivity index (χ0n) is 16.1. The number of anilines is 1. The Morgan fingerprint density at radius 2 is 1.90 bits per heavy atom. The van der Waals surface area contributed by atoms with Crippen LogP contribution < -0.4 is 10.6 Å². The van der Waals surface area contributed by atoms with E-state index >= 15 is 0 Å². The molecule has 2 aromatic carbocycles. The monoisotopic (exact) mass is 391 g/mol. The molecule has 0 fully saturated rings. The molecule has 1 atom stereocenters. The summed E-state index contributed by atoms with van der Waals surface area (Å²) in [6.45, 7) is 5.70. The first-order chi connectivity index (χ1) is 13.9. The van der Waals surface area contributed by atoms with E-state index in [1.165, 1.54) is 24.3 Å². The molecule has 2 amide bonds. The molecular weight excluding hydrogens is 369 g/mol. The molecule has 0 aliphatic heterocycles. The molecule has 0 spiro atoms. The molecule has 1 aromatic heterocycles. The predicted molar refractivity (Wildman–Crippen MR) is 112 cm³/mol. The van der Waals surface area contributed by atoms with Gasteiger partial charge in [-0.1, -0.05) is 25.6 Å². The van der Waals surface area contributed by atoms with Crippen molar-refractivity contribution >= 4 is 28.3 Å². The average Bonchev–Trinajstić information content (AvgIpc) is 2.73. The van der Waals surface area contributed by atoms with E-state index in [0.29, 0.717) is 29.8 Å². The fourth-order valence-corrected chi connectivity index (χ4v) is 2.92. The maximum atomic E-state index is 12.9. The van der Waals surface area contributed by atoms with Crippen LogP contribution in [0.5, 0.6) is 0 Å². The third kappa shape index (κ3) is 5.25. The lowest BCUT2D eigenvalue weighted by molar-refractivity contribution is -0.119. The Kier molecular flexibility index (Phi) is 6.34. The van der Waals surface area contributed by atoms with Gasteiger partial charge in [-0.3, -0.25) is 14.6 Å². The van der Waals surface area contributed by atoms with Crippen LogP contribution >= 0.6 is 0 Å². The first kappa shape index (κ1) is 20.2. The van der Waals surface area contributed by atoms with Crippen LogP contribution in [0, 0.1) is 11.7 Å². The zero-order valence-corrected chi connectivity index (χ0v) is 16.1. The van der Waals surface area contributed by atoms with Gasteiger partial charge in [-0.2, -0.15) is 0 Å². The van der Waals surface area contributed by atoms with Gasteiger partial charge >= 0.3 is 0 Å². The highest BCUT2D eigenvalue weighted by Crippen LogP contribution is 2.18. The van der Waals surface area contributed by atoms with E-state index in [1.807, 2.05) is 18.2 Å². The number of pyridine rings is 1. The minimum absolute atomic E-state index is 0.170. The number of carbonyl (C=O) groups excluding carboxylic acids is 2. The average molecular weight is 391 g/mol. The fraction of sp³-hybridized carbons (Fsp3) is 0.174. The number of carbonyl (C=O) groups is 2. The summed E-state index contributed by atoms with van der Waals surface area (Å²) >= 11 is 0. The highest BCUT2D eigenvalue weighted by atomic mass is 19.1. The number of hydrogen-bond donors (Lipinski definition) is 2. The van der Waals surface area contributed by atoms with Crippen LogP contribution in [0.15, 0.2) is 73.2 Å². The van der Waals surface area contributed by atoms with Crippen molar-refractivity contribution in [2.75, 3.05) is 5.32 Å². The minimum Gasteiger partial charge on any atom is -0.326 e. The van der Waals surface area contributed by atoms with Crippen LogP contribution in [-0.4, -0.2) is 16.8 Å². The summed E-state index contributed by atoms with van der Waals surface area (Å²) in [6, 6.07) is 12.9. The maximum Gasteiger partial charge on any atom is 0.256 e. The van der Waals surface area contributed by atoms with E-state index in [-0.39, 0.29) is 23.5 Å². The minimum atomic E-state index is -0.356. The van der Waals surface area contributed by atoms with Crippen LogP contribution in [0.1, 0.15) is 30.1 Å². The molecule has 0 saturated carbocycles. The van der Waals surface area contributed by atoms with Gasteiger partial charge in [0, 0.05) is 40.6 Å². The van der Waals surface area contributed by atoms with Crippen molar-refractivity contribution in [1.29, 1.82) is 0 Å². The molecule has 0 aliphatic rings. The van der Waals surface area contributed by atoms with Gasteiger partial charge < -0.3 is 10.6 Å². The lowest BCUT2D eigenvalue weighted by Crippen LogP contribution is -2.24. The SMILES string of the molecule is C=C(CCC(C)C(=O)Nc1ccc(F)cc1)NC(=O)c1cccc2ccncc12. The molecule has 148 valence electrons. The summed E-state index contributed by atoms with van der Waals surface area (Å²) in [5, 5.41) is 7.26. The molecule has 0 saturated heterocycles. The van der Waals surface area contributed by atoms with Gasteiger partial charge in [0.15, 0.2) is 0 Å². The maximum absolute atomic E-state index is 12.9. The van der Waals surface area contributed by atoms with E-state index in [4.69, 9.17) is 0 Å². The summed E-state index contributed by atoms with van der Waals surface area (Å²) < 4.78 is 12.9. The molecule has 0 radical (unpaired) electrons. The highest BCUT2D eigenvalue weighted by molar-refractivity contribution is 6.07. The molecule has 3 aromatic rings. The van der Waals surface area contributed by atoms with E-state index in [2.05, 4.69) is 22.2 Å². The Morgan fingerprint density at radius 3 is 2.66 bits per heavy atom. The number of benzene rings is 2. The van der Waals surface area contributed by atoms with Crippen LogP contribution in [0.25, 0.3) is 10.8 Å². The van der Waals surface area contributed by atoms with Gasteiger partial charge in [0.1, 0.15) is 5.82 Å². The van der Waals surface area contributed by atoms with Crippen molar-refractivity contribution in [2.45, 2.75) is 19.8 Å². The number of allylic oxidation sites excluding steroid dienone is 1. The third-order valence-corrected chi connectivity index (χ3v) is 4.66. The van der Waals surface area contributed by atoms with Gasteiger partial charge in [0.25, 0.3) is 5.91 Å². The van der Waals surface area contributed by atoms with Crippen molar-refractivity contribution in [2.24, 2.45) is 5.92 Å². The summed E-state index contributed by atoms with van der Waals surface area (Å²) in [5.74, 6) is -1.08. The Hall–Kier alpha value is -3.54. The molecular formula is C23H22FN3O2. The Bertz CT molecular complexity index is 1040. The fourth-order valence-electron chi connectivity index (χ4n) is 2.92. The third-order valence-electron chi connectivity index (χ3n) is 4.66. The van der Waals surface area contributed by atoms with Crippen LogP contribution in [0.2, 0.25) is 0 Å². The summed E-state index contributed by atoms with van der Waals surface area (Å²) in [6.07, 6.45) is 4.33. The van der Waals surface area contributed by atoms with Crippen molar-refractivity contribution in [1.82, 2.24) is 10.3 Å². The molecule has 0 bridgehead atoms. The number of fused-ring (bicyclic) bond motifs is 1. The molecule has 5 nitrogen and oxygen atoms in total. The number of hydrogen-bond acceptors (Lipinski definition) is 3. The van der Waals surface area contributed by atoms with Gasteiger partial charge in [0.05, 0.1) is 0 Å². The van der Waals surface area contributed by atoms with E-state index in [0.717, 1.165) is 10.8 Å². The summed E-state index contributed by atoms with van der Waals surface area (Å²) in [7, 11) is 0. The standard InChI is InChI=1S/C23H22FN3O2/c1-15(22(28)27-19-10-8-18(24)9-11-19)6-7-16(2)26-23(29)20-5-3-4-17-12-13-25-14-21(17)20/h3-5,8-15H,2,6-7H2,1H3,(H,26,29)(H,27,28). The van der Waals surface area contributed by atoms with Crippen molar-refractivity contribution in [3.05, 3.63) is 84.6 Å². The van der Waals surface area contributed by atoms with Crippen LogP contribution in [-0.2, 0) is 4.79 Å². The predicted octanol–water partition coefficient (Wildman–Crippen LogP) is 4.67. The molecule has 1 unspecified atom stereocenters. The van der Waals surface area contributed by atoms with E-state index in [1.54, 1.807) is 25.4 Å². The molecule has 29 heavy (non-hydrogen) atoms. The van der Waals surface area contributed by atoms with Crippen LogP contribution in [0.4, 0.5) is 10.1 Å². The number of halogens is 1.